The fourth-order valence-electron chi connectivity index (χ4n) is 2.48. The molecule has 0 bridgehead atoms. The molecule has 3 rings (SSSR count). The van der Waals surface area contributed by atoms with E-state index in [0.717, 1.165) is 5.92 Å². The summed E-state index contributed by atoms with van der Waals surface area (Å²) in [5.41, 5.74) is 7.95. The highest BCUT2D eigenvalue weighted by Crippen LogP contribution is 2.60. The van der Waals surface area contributed by atoms with Gasteiger partial charge in [0, 0.05) is 11.5 Å². The second-order valence-electron chi connectivity index (χ2n) is 4.55. The van der Waals surface area contributed by atoms with Crippen LogP contribution in [-0.2, 0) is 0 Å². The van der Waals surface area contributed by atoms with E-state index in [1.807, 2.05) is 0 Å². The van der Waals surface area contributed by atoms with Gasteiger partial charge in [-0.3, -0.25) is 0 Å². The Hall–Kier alpha value is -0.820. The summed E-state index contributed by atoms with van der Waals surface area (Å²) in [4.78, 5) is 0. The quantitative estimate of drug-likeness (QED) is 0.729. The molecule has 0 radical (unpaired) electrons. The summed E-state index contributed by atoms with van der Waals surface area (Å²) in [5.74, 6) is 1.49. The van der Waals surface area contributed by atoms with Crippen LogP contribution in [0.3, 0.4) is 0 Å². The Balaban J connectivity index is 1.83. The van der Waals surface area contributed by atoms with E-state index in [0.29, 0.717) is 5.92 Å². The van der Waals surface area contributed by atoms with E-state index in [-0.39, 0.29) is 5.54 Å². The van der Waals surface area contributed by atoms with Crippen LogP contribution in [0.4, 0.5) is 0 Å². The highest BCUT2D eigenvalue weighted by atomic mass is 14.9. The molecule has 0 heterocycles. The van der Waals surface area contributed by atoms with Gasteiger partial charge >= 0.3 is 0 Å². The zero-order valence-electron chi connectivity index (χ0n) is 7.74. The van der Waals surface area contributed by atoms with E-state index in [1.165, 1.54) is 24.8 Å². The molecule has 0 aromatic heterocycles. The molecule has 0 aliphatic heterocycles. The molecule has 2 aliphatic carbocycles. The highest BCUT2D eigenvalue weighted by molar-refractivity contribution is 5.35. The third kappa shape index (κ3) is 1.11. The van der Waals surface area contributed by atoms with Crippen molar-refractivity contribution in [1.82, 2.24) is 0 Å². The maximum atomic E-state index is 6.33. The Kier molecular flexibility index (Phi) is 1.37. The van der Waals surface area contributed by atoms with Crippen LogP contribution in [0.5, 0.6) is 0 Å². The summed E-state index contributed by atoms with van der Waals surface area (Å²) in [6.45, 7) is 0. The van der Waals surface area contributed by atoms with Crippen LogP contribution in [0.2, 0.25) is 0 Å². The van der Waals surface area contributed by atoms with Gasteiger partial charge in [0.2, 0.25) is 0 Å². The Labute approximate surface area is 78.9 Å². The Morgan fingerprint density at radius 2 is 1.85 bits per heavy atom. The lowest BCUT2D eigenvalue weighted by atomic mass is 10.0. The van der Waals surface area contributed by atoms with Crippen LogP contribution in [0.25, 0.3) is 0 Å². The first kappa shape index (κ1) is 7.57. The maximum absolute atomic E-state index is 6.33. The van der Waals surface area contributed by atoms with Crippen LogP contribution in [-0.4, -0.2) is 5.54 Å². The fourth-order valence-corrected chi connectivity index (χ4v) is 2.48. The highest BCUT2D eigenvalue weighted by Gasteiger charge is 2.59. The second-order valence-corrected chi connectivity index (χ2v) is 4.55. The molecular weight excluding hydrogens is 158 g/mol. The van der Waals surface area contributed by atoms with Crippen molar-refractivity contribution in [3.63, 3.8) is 0 Å². The van der Waals surface area contributed by atoms with Gasteiger partial charge in [-0.2, -0.15) is 0 Å². The zero-order valence-corrected chi connectivity index (χ0v) is 7.74. The topological polar surface area (TPSA) is 26.0 Å². The van der Waals surface area contributed by atoms with Gasteiger partial charge in [0.05, 0.1) is 0 Å². The first-order chi connectivity index (χ1) is 6.31. The SMILES string of the molecule is NC1(C2CC2)CC1c1ccccc1. The molecule has 2 fully saturated rings. The van der Waals surface area contributed by atoms with Crippen molar-refractivity contribution >= 4 is 0 Å². The lowest BCUT2D eigenvalue weighted by molar-refractivity contribution is 0.567. The van der Waals surface area contributed by atoms with E-state index in [4.69, 9.17) is 5.73 Å². The molecule has 0 saturated heterocycles. The van der Waals surface area contributed by atoms with Crippen molar-refractivity contribution in [1.29, 1.82) is 0 Å². The lowest BCUT2D eigenvalue weighted by Crippen LogP contribution is -2.26. The van der Waals surface area contributed by atoms with Gasteiger partial charge in [0.25, 0.3) is 0 Å². The molecule has 0 amide bonds. The van der Waals surface area contributed by atoms with Gasteiger partial charge in [-0.15, -0.1) is 0 Å². The molecule has 1 aromatic rings. The summed E-state index contributed by atoms with van der Waals surface area (Å²) in [5, 5.41) is 0. The van der Waals surface area contributed by atoms with Crippen molar-refractivity contribution in [3.8, 4) is 0 Å². The van der Waals surface area contributed by atoms with E-state index >= 15 is 0 Å². The van der Waals surface area contributed by atoms with Gasteiger partial charge in [-0.05, 0) is 30.7 Å². The molecule has 0 spiro atoms. The first-order valence-electron chi connectivity index (χ1n) is 5.14. The van der Waals surface area contributed by atoms with Crippen molar-refractivity contribution in [2.45, 2.75) is 30.7 Å². The number of hydrogen-bond donors (Lipinski definition) is 1. The molecule has 2 aliphatic rings. The molecule has 2 saturated carbocycles. The van der Waals surface area contributed by atoms with E-state index in [1.54, 1.807) is 0 Å². The molecular formula is C12H15N. The predicted molar refractivity (Wildman–Crippen MR) is 53.4 cm³/mol. The average molecular weight is 173 g/mol. The van der Waals surface area contributed by atoms with Gasteiger partial charge in [0.15, 0.2) is 0 Å². The minimum atomic E-state index is 0.182. The lowest BCUT2D eigenvalue weighted by Gasteiger charge is -2.09. The van der Waals surface area contributed by atoms with Crippen molar-refractivity contribution < 1.29 is 0 Å². The first-order valence-corrected chi connectivity index (χ1v) is 5.14. The van der Waals surface area contributed by atoms with Gasteiger partial charge < -0.3 is 5.73 Å². The van der Waals surface area contributed by atoms with Crippen molar-refractivity contribution in [3.05, 3.63) is 35.9 Å². The second kappa shape index (κ2) is 2.36. The van der Waals surface area contributed by atoms with Crippen LogP contribution >= 0.6 is 0 Å². The number of hydrogen-bond acceptors (Lipinski definition) is 1. The van der Waals surface area contributed by atoms with E-state index in [2.05, 4.69) is 30.3 Å². The van der Waals surface area contributed by atoms with Gasteiger partial charge in [-0.1, -0.05) is 30.3 Å². The molecule has 68 valence electrons. The van der Waals surface area contributed by atoms with Crippen LogP contribution in [0.15, 0.2) is 30.3 Å². The molecule has 1 nitrogen and oxygen atoms in total. The van der Waals surface area contributed by atoms with Gasteiger partial charge in [-0.25, -0.2) is 0 Å². The average Bonchev–Trinajstić information content (AvgIpc) is 2.98. The Bertz CT molecular complexity index is 315. The van der Waals surface area contributed by atoms with Crippen molar-refractivity contribution in [2.75, 3.05) is 0 Å². The summed E-state index contributed by atoms with van der Waals surface area (Å²) < 4.78 is 0. The summed E-state index contributed by atoms with van der Waals surface area (Å²) in [6.07, 6.45) is 3.93. The number of benzene rings is 1. The molecule has 13 heavy (non-hydrogen) atoms. The summed E-state index contributed by atoms with van der Waals surface area (Å²) >= 11 is 0. The van der Waals surface area contributed by atoms with Crippen molar-refractivity contribution in [2.24, 2.45) is 11.7 Å². The normalized spacial score (nSPS) is 37.5. The molecule has 2 N–H and O–H groups in total. The fraction of sp³-hybridized carbons (Fsp3) is 0.500. The van der Waals surface area contributed by atoms with Gasteiger partial charge in [0.1, 0.15) is 0 Å². The van der Waals surface area contributed by atoms with E-state index in [9.17, 15) is 0 Å². The molecule has 2 unspecified atom stereocenters. The Morgan fingerprint density at radius 1 is 1.15 bits per heavy atom. The summed E-state index contributed by atoms with van der Waals surface area (Å²) in [6, 6.07) is 10.7. The van der Waals surface area contributed by atoms with E-state index < -0.39 is 0 Å². The standard InChI is InChI=1S/C12H15N/c13-12(10-6-7-10)8-11(12)9-4-2-1-3-5-9/h1-5,10-11H,6-8,13H2. The minimum absolute atomic E-state index is 0.182. The third-order valence-corrected chi connectivity index (χ3v) is 3.59. The number of rotatable bonds is 2. The van der Waals surface area contributed by atoms with Crippen LogP contribution in [0.1, 0.15) is 30.7 Å². The molecule has 1 aromatic carbocycles. The van der Waals surface area contributed by atoms with Crippen LogP contribution in [0, 0.1) is 5.92 Å². The third-order valence-electron chi connectivity index (χ3n) is 3.59. The Morgan fingerprint density at radius 3 is 2.46 bits per heavy atom. The zero-order chi connectivity index (χ0) is 8.89. The smallest absolute Gasteiger partial charge is 0.0259 e. The predicted octanol–water partition coefficient (Wildman–Crippen LogP) is 2.28. The largest absolute Gasteiger partial charge is 0.324 e. The summed E-state index contributed by atoms with van der Waals surface area (Å²) in [7, 11) is 0. The monoisotopic (exact) mass is 173 g/mol. The minimum Gasteiger partial charge on any atom is -0.324 e. The number of nitrogens with two attached hydrogens (primary N) is 1. The molecule has 2 atom stereocenters. The molecule has 1 heteroatoms. The maximum Gasteiger partial charge on any atom is 0.0259 e. The van der Waals surface area contributed by atoms with Crippen LogP contribution < -0.4 is 5.73 Å².